The summed E-state index contributed by atoms with van der Waals surface area (Å²) < 4.78 is 5.14. The molecule has 1 heterocycles. The molecule has 0 unspecified atom stereocenters. The van der Waals surface area contributed by atoms with Gasteiger partial charge in [0.05, 0.1) is 12.7 Å². The number of methoxy groups -OCH3 is 1. The Morgan fingerprint density at radius 3 is 2.85 bits per heavy atom. The number of unbranched alkanes of at least 4 members (excludes halogenated alkanes) is 1. The lowest BCUT2D eigenvalue weighted by Crippen LogP contribution is -2.31. The number of ether oxygens (including phenoxy) is 1. The largest absolute Gasteiger partial charge is 0.497 e. The smallest absolute Gasteiger partial charge is 0.292 e. The Kier molecular flexibility index (Phi) is 4.40. The third-order valence-corrected chi connectivity index (χ3v) is 3.16. The van der Waals surface area contributed by atoms with Gasteiger partial charge in [0.25, 0.3) is 11.7 Å². The molecule has 1 aromatic carbocycles. The maximum absolute atomic E-state index is 12.1. The highest BCUT2D eigenvalue weighted by Crippen LogP contribution is 2.23. The van der Waals surface area contributed by atoms with E-state index in [1.54, 1.807) is 25.4 Å². The van der Waals surface area contributed by atoms with Crippen molar-refractivity contribution in [1.29, 1.82) is 0 Å². The number of hydrogen-bond acceptors (Lipinski definition) is 3. The van der Waals surface area contributed by atoms with Crippen LogP contribution >= 0.6 is 0 Å². The first-order valence-corrected chi connectivity index (χ1v) is 6.65. The van der Waals surface area contributed by atoms with Gasteiger partial charge in [-0.15, -0.1) is 0 Å². The molecule has 0 aliphatic rings. The van der Waals surface area contributed by atoms with E-state index in [9.17, 15) is 9.59 Å². The molecule has 0 atom stereocenters. The third-order valence-electron chi connectivity index (χ3n) is 3.16. The number of ketones is 1. The second kappa shape index (κ2) is 6.23. The van der Waals surface area contributed by atoms with Gasteiger partial charge < -0.3 is 15.0 Å². The van der Waals surface area contributed by atoms with Crippen LogP contribution in [0, 0.1) is 0 Å². The molecule has 0 saturated carbocycles. The van der Waals surface area contributed by atoms with Gasteiger partial charge in [0.2, 0.25) is 0 Å². The fraction of sp³-hybridized carbons (Fsp3) is 0.333. The summed E-state index contributed by atoms with van der Waals surface area (Å²) in [5.41, 5.74) is 1.17. The minimum absolute atomic E-state index is 0.368. The van der Waals surface area contributed by atoms with Crippen LogP contribution in [-0.2, 0) is 4.79 Å². The van der Waals surface area contributed by atoms with Gasteiger partial charge in [0, 0.05) is 23.6 Å². The summed E-state index contributed by atoms with van der Waals surface area (Å²) in [7, 11) is 1.56. The maximum Gasteiger partial charge on any atom is 0.292 e. The average molecular weight is 274 g/mol. The SMILES string of the molecule is CCCCNC(=O)C(=O)c1c[nH]c2ccc(OC)cc12. The van der Waals surface area contributed by atoms with Crippen molar-refractivity contribution in [2.24, 2.45) is 0 Å². The highest BCUT2D eigenvalue weighted by molar-refractivity contribution is 6.44. The predicted octanol–water partition coefficient (Wildman–Crippen LogP) is 2.28. The summed E-state index contributed by atoms with van der Waals surface area (Å²) in [6, 6.07) is 5.37. The van der Waals surface area contributed by atoms with Crippen LogP contribution in [0.15, 0.2) is 24.4 Å². The van der Waals surface area contributed by atoms with Crippen molar-refractivity contribution in [1.82, 2.24) is 10.3 Å². The van der Waals surface area contributed by atoms with E-state index in [-0.39, 0.29) is 0 Å². The van der Waals surface area contributed by atoms with Gasteiger partial charge in [0.1, 0.15) is 5.75 Å². The van der Waals surface area contributed by atoms with Crippen molar-refractivity contribution >= 4 is 22.6 Å². The first kappa shape index (κ1) is 14.1. The van der Waals surface area contributed by atoms with Gasteiger partial charge in [-0.2, -0.15) is 0 Å². The van der Waals surface area contributed by atoms with E-state index < -0.39 is 11.7 Å². The average Bonchev–Trinajstić information content (AvgIpc) is 2.89. The molecule has 2 rings (SSSR count). The van der Waals surface area contributed by atoms with E-state index in [1.165, 1.54) is 0 Å². The van der Waals surface area contributed by atoms with Crippen molar-refractivity contribution < 1.29 is 14.3 Å². The van der Waals surface area contributed by atoms with Crippen molar-refractivity contribution in [3.8, 4) is 5.75 Å². The van der Waals surface area contributed by atoms with Gasteiger partial charge >= 0.3 is 0 Å². The van der Waals surface area contributed by atoms with E-state index >= 15 is 0 Å². The zero-order valence-corrected chi connectivity index (χ0v) is 11.7. The number of amides is 1. The number of nitrogens with one attached hydrogen (secondary N) is 2. The summed E-state index contributed by atoms with van der Waals surface area (Å²) in [6.45, 7) is 2.55. The minimum Gasteiger partial charge on any atom is -0.497 e. The fourth-order valence-corrected chi connectivity index (χ4v) is 2.00. The molecule has 106 valence electrons. The Morgan fingerprint density at radius 2 is 2.15 bits per heavy atom. The first-order valence-electron chi connectivity index (χ1n) is 6.65. The summed E-state index contributed by atoms with van der Waals surface area (Å²) in [6.07, 6.45) is 3.39. The number of aromatic nitrogens is 1. The molecule has 0 aliphatic carbocycles. The molecule has 0 radical (unpaired) electrons. The summed E-state index contributed by atoms with van der Waals surface area (Å²) in [5, 5.41) is 3.33. The standard InChI is InChI=1S/C15H18N2O3/c1-3-4-7-16-15(19)14(18)12-9-17-13-6-5-10(20-2)8-11(12)13/h5-6,8-9,17H,3-4,7H2,1-2H3,(H,16,19). The lowest BCUT2D eigenvalue weighted by Gasteiger charge is -2.03. The van der Waals surface area contributed by atoms with Crippen molar-refractivity contribution in [3.05, 3.63) is 30.0 Å². The van der Waals surface area contributed by atoms with Crippen LogP contribution in [0.4, 0.5) is 0 Å². The van der Waals surface area contributed by atoms with Crippen LogP contribution in [0.5, 0.6) is 5.75 Å². The number of aromatic amines is 1. The molecule has 1 aromatic heterocycles. The molecule has 1 amide bonds. The number of carbonyl (C=O) groups excluding carboxylic acids is 2. The second-order valence-electron chi connectivity index (χ2n) is 4.55. The molecular formula is C15H18N2O3. The van der Waals surface area contributed by atoms with Crippen LogP contribution in [0.3, 0.4) is 0 Å². The van der Waals surface area contributed by atoms with Crippen molar-refractivity contribution in [2.45, 2.75) is 19.8 Å². The molecular weight excluding hydrogens is 256 g/mol. The van der Waals surface area contributed by atoms with E-state index in [0.29, 0.717) is 23.2 Å². The molecule has 20 heavy (non-hydrogen) atoms. The molecule has 0 spiro atoms. The van der Waals surface area contributed by atoms with Gasteiger partial charge in [0.15, 0.2) is 0 Å². The van der Waals surface area contributed by atoms with E-state index in [2.05, 4.69) is 10.3 Å². The molecule has 5 heteroatoms. The van der Waals surface area contributed by atoms with E-state index in [0.717, 1.165) is 18.4 Å². The third kappa shape index (κ3) is 2.82. The highest BCUT2D eigenvalue weighted by atomic mass is 16.5. The molecule has 0 fully saturated rings. The van der Waals surface area contributed by atoms with Crippen LogP contribution in [-0.4, -0.2) is 30.3 Å². The first-order chi connectivity index (χ1) is 9.67. The topological polar surface area (TPSA) is 71.2 Å². The molecule has 2 N–H and O–H groups in total. The summed E-state index contributed by atoms with van der Waals surface area (Å²) in [4.78, 5) is 26.9. The van der Waals surface area contributed by atoms with Crippen LogP contribution < -0.4 is 10.1 Å². The Labute approximate surface area is 117 Å². The van der Waals surface area contributed by atoms with Gasteiger partial charge in [-0.1, -0.05) is 13.3 Å². The van der Waals surface area contributed by atoms with Gasteiger partial charge in [-0.3, -0.25) is 9.59 Å². The molecule has 0 bridgehead atoms. The zero-order valence-electron chi connectivity index (χ0n) is 11.7. The van der Waals surface area contributed by atoms with Crippen LogP contribution in [0.25, 0.3) is 10.9 Å². The van der Waals surface area contributed by atoms with Crippen LogP contribution in [0.2, 0.25) is 0 Å². The van der Waals surface area contributed by atoms with Gasteiger partial charge in [-0.05, 0) is 24.6 Å². The predicted molar refractivity (Wildman–Crippen MR) is 77.1 cm³/mol. The Bertz CT molecular complexity index is 631. The van der Waals surface area contributed by atoms with Crippen LogP contribution in [0.1, 0.15) is 30.1 Å². The Morgan fingerprint density at radius 1 is 1.35 bits per heavy atom. The zero-order chi connectivity index (χ0) is 14.5. The summed E-state index contributed by atoms with van der Waals surface area (Å²) >= 11 is 0. The lowest BCUT2D eigenvalue weighted by atomic mass is 10.1. The number of Topliss-reactive ketones (excluding diaryl/α,β-unsaturated/α-hetero) is 1. The van der Waals surface area contributed by atoms with Crippen molar-refractivity contribution in [2.75, 3.05) is 13.7 Å². The normalized spacial score (nSPS) is 10.5. The number of benzene rings is 1. The lowest BCUT2D eigenvalue weighted by molar-refractivity contribution is -0.117. The number of fused-ring (bicyclic) bond motifs is 1. The van der Waals surface area contributed by atoms with Gasteiger partial charge in [-0.25, -0.2) is 0 Å². The number of hydrogen-bond donors (Lipinski definition) is 2. The Hall–Kier alpha value is -2.30. The fourth-order valence-electron chi connectivity index (χ4n) is 2.00. The number of rotatable bonds is 6. The quantitative estimate of drug-likeness (QED) is 0.482. The molecule has 0 aliphatic heterocycles. The minimum atomic E-state index is -0.567. The molecule has 0 saturated heterocycles. The Balaban J connectivity index is 2.23. The number of H-pyrrole nitrogens is 1. The van der Waals surface area contributed by atoms with E-state index in [4.69, 9.17) is 4.74 Å². The highest BCUT2D eigenvalue weighted by Gasteiger charge is 2.19. The maximum atomic E-state index is 12.1. The second-order valence-corrected chi connectivity index (χ2v) is 4.55. The number of carbonyl (C=O) groups is 2. The monoisotopic (exact) mass is 274 g/mol. The van der Waals surface area contributed by atoms with E-state index in [1.807, 2.05) is 13.0 Å². The molecule has 5 nitrogen and oxygen atoms in total. The summed E-state index contributed by atoms with van der Waals surface area (Å²) in [5.74, 6) is -0.444. The van der Waals surface area contributed by atoms with Crippen molar-refractivity contribution in [3.63, 3.8) is 0 Å². The molecule has 2 aromatic rings.